The second-order valence-electron chi connectivity index (χ2n) is 3.95. The van der Waals surface area contributed by atoms with Crippen molar-refractivity contribution >= 4 is 18.1 Å². The number of carbonyl (C=O) groups is 1. The molecule has 6 heteroatoms. The molecule has 0 heterocycles. The molecule has 1 aliphatic rings. The highest BCUT2D eigenvalue weighted by Crippen LogP contribution is 2.38. The van der Waals surface area contributed by atoms with E-state index in [0.29, 0.717) is 12.8 Å². The maximum atomic E-state index is 11.3. The molecule has 0 aromatic heterocycles. The number of allylic oxidation sites excluding steroid dienone is 2. The lowest BCUT2D eigenvalue weighted by atomic mass is 9.73. The highest BCUT2D eigenvalue weighted by Gasteiger charge is 2.36. The quantitative estimate of drug-likeness (QED) is 0.422. The molecule has 0 spiro atoms. The van der Waals surface area contributed by atoms with E-state index in [-0.39, 0.29) is 18.7 Å². The Morgan fingerprint density at radius 2 is 1.84 bits per heavy atom. The van der Waals surface area contributed by atoms with E-state index in [9.17, 15) is 19.5 Å². The molecule has 0 atom stereocenters. The second kappa shape index (κ2) is 7.04. The first-order chi connectivity index (χ1) is 9.16. The van der Waals surface area contributed by atoms with E-state index in [0.717, 1.165) is 0 Å². The summed E-state index contributed by atoms with van der Waals surface area (Å²) in [5, 5.41) is 9.22. The molecule has 0 unspecified atom stereocenters. The van der Waals surface area contributed by atoms with Crippen LogP contribution in [0.5, 0.6) is 0 Å². The zero-order valence-electron chi connectivity index (χ0n) is 10.1. The van der Waals surface area contributed by atoms with E-state index in [1.807, 2.05) is 0 Å². The molecule has 1 aliphatic carbocycles. The standard InChI is InChI=1S/C13H12N2O4/c16-9-14-7-5-13(6-8-15-10-17)4-2-1-3-11(13)12(18)19/h1-2,4H,5-8H2,(H,18,19). The Hall–Kier alpha value is -2.51. The smallest absolute Gasteiger partial charge is 0.340 e. The summed E-state index contributed by atoms with van der Waals surface area (Å²) in [6, 6.07) is 0. The Labute approximate surface area is 109 Å². The predicted molar refractivity (Wildman–Crippen MR) is 66.0 cm³/mol. The molecule has 98 valence electrons. The number of hydrogen-bond donors (Lipinski definition) is 1. The number of hydrogen-bond acceptors (Lipinski definition) is 5. The molecule has 1 N–H and O–H groups in total. The highest BCUT2D eigenvalue weighted by atomic mass is 16.4. The van der Waals surface area contributed by atoms with Crippen LogP contribution in [0.15, 0.2) is 39.5 Å². The van der Waals surface area contributed by atoms with Crippen LogP contribution in [0.2, 0.25) is 0 Å². The summed E-state index contributed by atoms with van der Waals surface area (Å²) in [6.07, 6.45) is 8.37. The minimum absolute atomic E-state index is 0.0807. The van der Waals surface area contributed by atoms with E-state index in [4.69, 9.17) is 0 Å². The predicted octanol–water partition coefficient (Wildman–Crippen LogP) is 1.16. The Morgan fingerprint density at radius 1 is 1.26 bits per heavy atom. The minimum atomic E-state index is -1.09. The highest BCUT2D eigenvalue weighted by molar-refractivity contribution is 5.89. The van der Waals surface area contributed by atoms with Crippen molar-refractivity contribution in [2.45, 2.75) is 12.8 Å². The number of carbonyl (C=O) groups excluding carboxylic acids is 2. The topological polar surface area (TPSA) is 96.2 Å². The van der Waals surface area contributed by atoms with Gasteiger partial charge in [-0.1, -0.05) is 12.2 Å². The summed E-state index contributed by atoms with van der Waals surface area (Å²) in [5.41, 5.74) is 1.94. The molecule has 0 amide bonds. The lowest BCUT2D eigenvalue weighted by Gasteiger charge is -2.30. The number of aliphatic imine (C=N–C) groups is 2. The molecule has 1 rings (SSSR count). The monoisotopic (exact) mass is 260 g/mol. The molecule has 0 aromatic carbocycles. The van der Waals surface area contributed by atoms with Crippen molar-refractivity contribution in [3.8, 4) is 0 Å². The van der Waals surface area contributed by atoms with E-state index < -0.39 is 11.4 Å². The Morgan fingerprint density at radius 3 is 2.32 bits per heavy atom. The molecule has 6 nitrogen and oxygen atoms in total. The van der Waals surface area contributed by atoms with Crippen molar-refractivity contribution in [3.63, 3.8) is 0 Å². The lowest BCUT2D eigenvalue weighted by Crippen LogP contribution is -2.28. The van der Waals surface area contributed by atoms with Gasteiger partial charge < -0.3 is 5.11 Å². The first-order valence-corrected chi connectivity index (χ1v) is 5.62. The van der Waals surface area contributed by atoms with Gasteiger partial charge in [-0.3, -0.25) is 0 Å². The van der Waals surface area contributed by atoms with Crippen molar-refractivity contribution in [1.29, 1.82) is 0 Å². The molecular formula is C13H12N2O4. The third-order valence-corrected chi connectivity index (χ3v) is 2.92. The minimum Gasteiger partial charge on any atom is -0.477 e. The summed E-state index contributed by atoms with van der Waals surface area (Å²) >= 11 is 0. The number of aliphatic carboxylic acids is 1. The van der Waals surface area contributed by atoms with Gasteiger partial charge in [0, 0.05) is 5.41 Å². The van der Waals surface area contributed by atoms with Gasteiger partial charge in [0.05, 0.1) is 18.7 Å². The Bertz CT molecular complexity index is 521. The van der Waals surface area contributed by atoms with Gasteiger partial charge in [0.2, 0.25) is 12.2 Å². The zero-order chi connectivity index (χ0) is 14.1. The van der Waals surface area contributed by atoms with Crippen molar-refractivity contribution in [2.75, 3.05) is 13.1 Å². The number of isocyanates is 2. The van der Waals surface area contributed by atoms with Crippen molar-refractivity contribution in [2.24, 2.45) is 15.4 Å². The van der Waals surface area contributed by atoms with Crippen LogP contribution < -0.4 is 0 Å². The average molecular weight is 260 g/mol. The first-order valence-electron chi connectivity index (χ1n) is 5.62. The van der Waals surface area contributed by atoms with E-state index in [1.165, 1.54) is 18.2 Å². The van der Waals surface area contributed by atoms with Crippen molar-refractivity contribution in [3.05, 3.63) is 29.5 Å². The number of nitrogens with zero attached hydrogens (tertiary/aromatic N) is 2. The molecule has 0 aliphatic heterocycles. The Balaban J connectivity index is 3.05. The summed E-state index contributed by atoms with van der Waals surface area (Å²) < 4.78 is 0. The SMILES string of the molecule is O=C=NCCC1(CCN=C=O)C=CC=C=C1C(=O)O. The average Bonchev–Trinajstić information content (AvgIpc) is 2.40. The summed E-state index contributed by atoms with van der Waals surface area (Å²) in [4.78, 5) is 38.4. The fourth-order valence-electron chi connectivity index (χ4n) is 2.01. The second-order valence-corrected chi connectivity index (χ2v) is 3.95. The van der Waals surface area contributed by atoms with Gasteiger partial charge in [-0.15, -0.1) is 5.73 Å². The molecule has 0 saturated heterocycles. The maximum Gasteiger partial charge on any atom is 0.340 e. The van der Waals surface area contributed by atoms with Crippen LogP contribution in [0.3, 0.4) is 0 Å². The van der Waals surface area contributed by atoms with Crippen LogP contribution in [-0.2, 0) is 14.4 Å². The molecule has 0 saturated carbocycles. The van der Waals surface area contributed by atoms with Crippen LogP contribution in [0.1, 0.15) is 12.8 Å². The third kappa shape index (κ3) is 3.73. The van der Waals surface area contributed by atoms with Gasteiger partial charge in [0.25, 0.3) is 0 Å². The molecule has 0 bridgehead atoms. The molecule has 0 fully saturated rings. The number of carboxylic acids is 1. The van der Waals surface area contributed by atoms with Crippen molar-refractivity contribution in [1.82, 2.24) is 0 Å². The molecule has 0 aromatic rings. The van der Waals surface area contributed by atoms with Gasteiger partial charge in [-0.05, 0) is 18.9 Å². The third-order valence-electron chi connectivity index (χ3n) is 2.92. The van der Waals surface area contributed by atoms with Gasteiger partial charge in [0.15, 0.2) is 0 Å². The molecule has 19 heavy (non-hydrogen) atoms. The largest absolute Gasteiger partial charge is 0.477 e. The number of rotatable bonds is 7. The Kier molecular flexibility index (Phi) is 5.39. The molecule has 0 radical (unpaired) electrons. The lowest BCUT2D eigenvalue weighted by molar-refractivity contribution is -0.133. The summed E-state index contributed by atoms with van der Waals surface area (Å²) in [5.74, 6) is -1.09. The van der Waals surface area contributed by atoms with Crippen LogP contribution >= 0.6 is 0 Å². The van der Waals surface area contributed by atoms with Crippen LogP contribution in [-0.4, -0.2) is 36.3 Å². The normalized spacial score (nSPS) is 20.1. The van der Waals surface area contributed by atoms with E-state index in [1.54, 1.807) is 12.2 Å². The van der Waals surface area contributed by atoms with Gasteiger partial charge in [0.1, 0.15) is 0 Å². The maximum absolute atomic E-state index is 11.3. The fourth-order valence-corrected chi connectivity index (χ4v) is 2.01. The zero-order valence-corrected chi connectivity index (χ0v) is 10.1. The van der Waals surface area contributed by atoms with Gasteiger partial charge in [-0.25, -0.2) is 24.4 Å². The number of carboxylic acid groups (broad SMARTS) is 1. The summed E-state index contributed by atoms with van der Waals surface area (Å²) in [7, 11) is 0. The van der Waals surface area contributed by atoms with Crippen LogP contribution in [0.4, 0.5) is 0 Å². The van der Waals surface area contributed by atoms with Crippen molar-refractivity contribution < 1.29 is 19.5 Å². The molecular weight excluding hydrogens is 248 g/mol. The van der Waals surface area contributed by atoms with E-state index >= 15 is 0 Å². The van der Waals surface area contributed by atoms with Crippen LogP contribution in [0, 0.1) is 5.41 Å². The van der Waals surface area contributed by atoms with Crippen LogP contribution in [0.25, 0.3) is 0 Å². The fraction of sp³-hybridized carbons (Fsp3) is 0.385. The van der Waals surface area contributed by atoms with E-state index in [2.05, 4.69) is 15.7 Å². The first kappa shape index (κ1) is 14.6. The van der Waals surface area contributed by atoms with Gasteiger partial charge in [-0.2, -0.15) is 0 Å². The van der Waals surface area contributed by atoms with Gasteiger partial charge >= 0.3 is 5.97 Å². The summed E-state index contributed by atoms with van der Waals surface area (Å²) in [6.45, 7) is 0.300.